The molecule has 0 saturated carbocycles. The molecule has 7 rings (SSSR count). The number of fused-ring (bicyclic) bond motifs is 6. The molecule has 0 unspecified atom stereocenters. The second-order valence-corrected chi connectivity index (χ2v) is 15.2. The van der Waals surface area contributed by atoms with Gasteiger partial charge in [-0.15, -0.1) is 8.42 Å². The van der Waals surface area contributed by atoms with Gasteiger partial charge in [0.25, 0.3) is 5.91 Å². The molecule has 2 aliphatic rings. The van der Waals surface area contributed by atoms with Crippen LogP contribution >= 0.6 is 15.9 Å². The summed E-state index contributed by atoms with van der Waals surface area (Å²) in [6.45, 7) is 11.8. The highest BCUT2D eigenvalue weighted by atomic mass is 79.9. The molecular formula is C43H44BrN3O6S. The maximum atomic E-state index is 14.7. The number of carbonyl (C=O) groups is 1. The minimum Gasteiger partial charge on any atom is -0.456 e. The topological polar surface area (TPSA) is 88.6 Å². The van der Waals surface area contributed by atoms with E-state index in [1.54, 1.807) is 29.2 Å². The van der Waals surface area contributed by atoms with Crippen LogP contribution in [-0.4, -0.2) is 45.8 Å². The average Bonchev–Trinajstić information content (AvgIpc) is 3.43. The lowest BCUT2D eigenvalue weighted by atomic mass is 9.74. The summed E-state index contributed by atoms with van der Waals surface area (Å²) in [5.74, 6) is 1.34. The minimum atomic E-state index is -4.45. The second-order valence-electron chi connectivity index (χ2n) is 13.2. The zero-order chi connectivity index (χ0) is 38.0. The summed E-state index contributed by atoms with van der Waals surface area (Å²) in [4.78, 5) is 21.1. The molecule has 5 aromatic rings. The van der Waals surface area contributed by atoms with Crippen LogP contribution in [0.3, 0.4) is 0 Å². The Morgan fingerprint density at radius 2 is 1.20 bits per heavy atom. The number of amides is 1. The third kappa shape index (κ3) is 6.68. The van der Waals surface area contributed by atoms with Crippen LogP contribution in [0.25, 0.3) is 0 Å². The van der Waals surface area contributed by atoms with Crippen LogP contribution < -0.4 is 27.8 Å². The molecule has 280 valence electrons. The van der Waals surface area contributed by atoms with Crippen LogP contribution in [0, 0.1) is 0 Å². The Balaban J connectivity index is 1.31. The van der Waals surface area contributed by atoms with Crippen molar-refractivity contribution in [1.82, 2.24) is 0 Å². The first-order valence-electron chi connectivity index (χ1n) is 18.5. The summed E-state index contributed by atoms with van der Waals surface area (Å²) >= 11 is 3.43. The fraction of sp³-hybridized carbons (Fsp3) is 0.279. The second kappa shape index (κ2) is 15.4. The van der Waals surface area contributed by atoms with Gasteiger partial charge in [-0.3, -0.25) is 9.69 Å². The van der Waals surface area contributed by atoms with E-state index in [9.17, 15) is 13.2 Å². The van der Waals surface area contributed by atoms with Gasteiger partial charge >= 0.3 is 10.4 Å². The highest BCUT2D eigenvalue weighted by molar-refractivity contribution is 9.09. The van der Waals surface area contributed by atoms with Crippen molar-refractivity contribution in [2.75, 3.05) is 46.2 Å². The van der Waals surface area contributed by atoms with Gasteiger partial charge in [-0.05, 0) is 101 Å². The third-order valence-corrected chi connectivity index (χ3v) is 11.6. The highest BCUT2D eigenvalue weighted by Gasteiger charge is 2.57. The Bertz CT molecular complexity index is 2190. The number of nitrogens with zero attached hydrogens (tertiary/aromatic N) is 3. The van der Waals surface area contributed by atoms with E-state index in [0.29, 0.717) is 22.7 Å². The Morgan fingerprint density at radius 1 is 0.685 bits per heavy atom. The predicted molar refractivity (Wildman–Crippen MR) is 218 cm³/mol. The molecule has 2 aliphatic heterocycles. The molecule has 0 saturated heterocycles. The number of ether oxygens (including phenoxy) is 1. The molecule has 0 fully saturated rings. The summed E-state index contributed by atoms with van der Waals surface area (Å²) in [6, 6.07) is 33.6. The van der Waals surface area contributed by atoms with Gasteiger partial charge in [-0.1, -0.05) is 58.4 Å². The maximum absolute atomic E-state index is 14.7. The van der Waals surface area contributed by atoms with Crippen LogP contribution in [0.15, 0.2) is 109 Å². The maximum Gasteiger partial charge on any atom is 0.500 e. The monoisotopic (exact) mass is 809 g/mol. The molecule has 1 spiro atoms. The van der Waals surface area contributed by atoms with Crippen LogP contribution in [0.5, 0.6) is 23.0 Å². The number of hydrogen-bond acceptors (Lipinski definition) is 8. The van der Waals surface area contributed by atoms with Gasteiger partial charge in [0, 0.05) is 83.0 Å². The van der Waals surface area contributed by atoms with Gasteiger partial charge in [0.15, 0.2) is 0 Å². The van der Waals surface area contributed by atoms with Crippen molar-refractivity contribution in [3.8, 4) is 23.0 Å². The van der Waals surface area contributed by atoms with E-state index in [1.165, 1.54) is 12.1 Å². The number of halogens is 1. The fourth-order valence-electron chi connectivity index (χ4n) is 7.73. The van der Waals surface area contributed by atoms with E-state index in [-0.39, 0.29) is 17.4 Å². The average molecular weight is 811 g/mol. The summed E-state index contributed by atoms with van der Waals surface area (Å²) in [5, 5.41) is 0.886. The lowest BCUT2D eigenvalue weighted by Crippen LogP contribution is -2.47. The van der Waals surface area contributed by atoms with Crippen LogP contribution in [0.1, 0.15) is 66.7 Å². The van der Waals surface area contributed by atoms with Gasteiger partial charge in [-0.2, -0.15) is 0 Å². The van der Waals surface area contributed by atoms with Crippen LogP contribution in [0.2, 0.25) is 0 Å². The third-order valence-electron chi connectivity index (χ3n) is 10.3. The molecule has 0 N–H and O–H groups in total. The van der Waals surface area contributed by atoms with E-state index in [2.05, 4.69) is 89.8 Å². The Hall–Kier alpha value is -5.00. The summed E-state index contributed by atoms with van der Waals surface area (Å²) in [5.41, 5.74) is 5.65. The molecule has 9 nitrogen and oxygen atoms in total. The van der Waals surface area contributed by atoms with Crippen LogP contribution in [-0.2, 0) is 22.4 Å². The van der Waals surface area contributed by atoms with Gasteiger partial charge in [0.05, 0.1) is 0 Å². The first-order valence-corrected chi connectivity index (χ1v) is 20.9. The van der Waals surface area contributed by atoms with Crippen molar-refractivity contribution in [1.29, 1.82) is 0 Å². The first kappa shape index (κ1) is 37.3. The summed E-state index contributed by atoms with van der Waals surface area (Å²) in [6.07, 6.45) is 1.84. The number of rotatable bonds is 14. The Morgan fingerprint density at radius 3 is 1.72 bits per heavy atom. The molecule has 0 bridgehead atoms. The van der Waals surface area contributed by atoms with Crippen molar-refractivity contribution in [3.05, 3.63) is 137 Å². The molecule has 1 amide bonds. The summed E-state index contributed by atoms with van der Waals surface area (Å²) < 4.78 is 43.4. The normalized spacial score (nSPS) is 13.9. The zero-order valence-electron chi connectivity index (χ0n) is 30.9. The number of aryl methyl sites for hydroxylation is 1. The molecule has 0 atom stereocenters. The number of anilines is 3. The predicted octanol–water partition coefficient (Wildman–Crippen LogP) is 9.47. The smallest absolute Gasteiger partial charge is 0.456 e. The summed E-state index contributed by atoms with van der Waals surface area (Å²) in [7, 11) is -4.45. The van der Waals surface area contributed by atoms with Crippen molar-refractivity contribution in [2.24, 2.45) is 0 Å². The number of hydrogen-bond donors (Lipinski definition) is 0. The molecule has 2 heterocycles. The Labute approximate surface area is 326 Å². The quantitative estimate of drug-likeness (QED) is 0.103. The van der Waals surface area contributed by atoms with Gasteiger partial charge in [0.1, 0.15) is 28.5 Å². The van der Waals surface area contributed by atoms with Crippen molar-refractivity contribution in [2.45, 2.75) is 46.1 Å². The lowest BCUT2D eigenvalue weighted by Gasteiger charge is -2.44. The molecule has 0 aromatic heterocycles. The molecular weight excluding hydrogens is 766 g/mol. The number of carbonyl (C=O) groups excluding carboxylic acids is 1. The van der Waals surface area contributed by atoms with Gasteiger partial charge < -0.3 is 22.9 Å². The SMILES string of the molecule is CCN(CC)c1ccc2c(c1)Oc1cc(N(CC)CC)ccc1C21c2ccccc2C(=O)N1c1ccc(OS(=O)(=O)Oc2ccc(CCCBr)cc2)cc1. The molecule has 5 aromatic carbocycles. The first-order chi connectivity index (χ1) is 26.2. The van der Waals surface area contributed by atoms with E-state index < -0.39 is 15.9 Å². The van der Waals surface area contributed by atoms with E-state index in [0.717, 1.165) is 78.0 Å². The van der Waals surface area contributed by atoms with Crippen molar-refractivity contribution < 1.29 is 26.3 Å². The largest absolute Gasteiger partial charge is 0.500 e. The minimum absolute atomic E-state index is 0.0476. The standard InChI is InChI=1S/C43H44BrN3O6S/c1-5-45(6-2)32-19-25-38-40(28-32)51-41-29-33(46(7-3)8-4)20-26-39(41)43(38)37-14-10-9-13-36(37)42(48)47(43)31-17-23-35(24-18-31)53-54(49,50)52-34-21-15-30(16-22-34)12-11-27-44/h9-10,13-26,28-29H,5-8,11-12,27H2,1-4H3. The van der Waals surface area contributed by atoms with E-state index >= 15 is 0 Å². The lowest BCUT2D eigenvalue weighted by molar-refractivity contribution is 0.0985. The molecule has 54 heavy (non-hydrogen) atoms. The fourth-order valence-corrected chi connectivity index (χ4v) is 8.74. The Kier molecular flexibility index (Phi) is 10.6. The molecule has 0 radical (unpaired) electrons. The number of benzene rings is 5. The number of alkyl halides is 1. The van der Waals surface area contributed by atoms with Gasteiger partial charge in [0.2, 0.25) is 0 Å². The zero-order valence-corrected chi connectivity index (χ0v) is 33.3. The van der Waals surface area contributed by atoms with E-state index in [1.807, 2.05) is 36.4 Å². The van der Waals surface area contributed by atoms with Crippen molar-refractivity contribution >= 4 is 49.3 Å². The molecule has 11 heteroatoms. The van der Waals surface area contributed by atoms with Crippen molar-refractivity contribution in [3.63, 3.8) is 0 Å². The van der Waals surface area contributed by atoms with Gasteiger partial charge in [-0.25, -0.2) is 0 Å². The van der Waals surface area contributed by atoms with E-state index in [4.69, 9.17) is 13.1 Å². The van der Waals surface area contributed by atoms with Crippen LogP contribution in [0.4, 0.5) is 17.1 Å². The highest BCUT2D eigenvalue weighted by Crippen LogP contribution is 2.59. The molecule has 0 aliphatic carbocycles.